The molecule has 1 aliphatic heterocycles. The number of nitrogens with zero attached hydrogens (tertiary/aromatic N) is 5. The maximum Gasteiger partial charge on any atom is 0.337 e. The lowest BCUT2D eigenvalue weighted by Gasteiger charge is -2.36. The number of hydrogen-bond donors (Lipinski definition) is 1. The number of rotatable bonds is 8. The molecular formula is C32H34BrN5O3. The van der Waals surface area contributed by atoms with Crippen molar-refractivity contribution in [3.05, 3.63) is 87.9 Å². The fraction of sp³-hybridized carbons (Fsp3) is 0.375. The number of hydrogen-bond acceptors (Lipinski definition) is 4. The Morgan fingerprint density at radius 3 is 2.66 bits per heavy atom. The molecule has 2 aromatic carbocycles. The van der Waals surface area contributed by atoms with Crippen LogP contribution in [0.1, 0.15) is 89.4 Å². The van der Waals surface area contributed by atoms with Crippen LogP contribution in [0, 0.1) is 0 Å². The molecule has 41 heavy (non-hydrogen) atoms. The highest BCUT2D eigenvalue weighted by Crippen LogP contribution is 2.55. The van der Waals surface area contributed by atoms with Gasteiger partial charge in [-0.05, 0) is 83.4 Å². The highest BCUT2D eigenvalue weighted by atomic mass is 79.9. The third kappa shape index (κ3) is 5.23. The van der Waals surface area contributed by atoms with E-state index in [-0.39, 0.29) is 17.7 Å². The molecular weight excluding hydrogens is 582 g/mol. The lowest BCUT2D eigenvalue weighted by molar-refractivity contribution is 0.0599. The van der Waals surface area contributed by atoms with Crippen LogP contribution in [0.2, 0.25) is 0 Å². The van der Waals surface area contributed by atoms with Crippen LogP contribution in [0.25, 0.3) is 16.8 Å². The first-order chi connectivity index (χ1) is 19.9. The van der Waals surface area contributed by atoms with Gasteiger partial charge in [0.1, 0.15) is 0 Å². The molecule has 6 rings (SSSR count). The molecule has 4 aromatic rings. The van der Waals surface area contributed by atoms with Gasteiger partial charge in [0.05, 0.1) is 16.8 Å². The summed E-state index contributed by atoms with van der Waals surface area (Å²) in [4.78, 5) is 28.0. The monoisotopic (exact) mass is 615 g/mol. The number of likely N-dealkylation sites (tertiary alicyclic amines) is 1. The molecule has 1 saturated heterocycles. The lowest BCUT2D eigenvalue weighted by atomic mass is 9.96. The van der Waals surface area contributed by atoms with Crippen molar-refractivity contribution in [3.63, 3.8) is 0 Å². The Bertz CT molecular complexity index is 1610. The largest absolute Gasteiger partial charge is 0.478 e. The molecule has 1 saturated carbocycles. The second-order valence-electron chi connectivity index (χ2n) is 11.2. The van der Waals surface area contributed by atoms with Gasteiger partial charge in [-0.2, -0.15) is 0 Å². The van der Waals surface area contributed by atoms with Gasteiger partial charge in [-0.15, -0.1) is 5.10 Å². The number of aromatic nitrogens is 4. The van der Waals surface area contributed by atoms with Crippen molar-refractivity contribution in [1.29, 1.82) is 0 Å². The van der Waals surface area contributed by atoms with Crippen LogP contribution in [-0.2, 0) is 7.05 Å². The van der Waals surface area contributed by atoms with E-state index in [0.717, 1.165) is 71.3 Å². The first-order valence-corrected chi connectivity index (χ1v) is 15.2. The van der Waals surface area contributed by atoms with Gasteiger partial charge in [0.25, 0.3) is 5.91 Å². The first-order valence-electron chi connectivity index (χ1n) is 14.4. The molecule has 1 amide bonds. The van der Waals surface area contributed by atoms with Crippen molar-refractivity contribution in [3.8, 4) is 16.8 Å². The number of carboxylic acids is 1. The average Bonchev–Trinajstić information content (AvgIpc) is 3.42. The van der Waals surface area contributed by atoms with Crippen LogP contribution in [0.5, 0.6) is 0 Å². The summed E-state index contributed by atoms with van der Waals surface area (Å²) in [6, 6.07) is 15.9. The highest BCUT2D eigenvalue weighted by Gasteiger charge is 2.45. The van der Waals surface area contributed by atoms with Gasteiger partial charge >= 0.3 is 5.97 Å². The smallest absolute Gasteiger partial charge is 0.337 e. The number of halogens is 1. The minimum absolute atomic E-state index is 0.0461. The van der Waals surface area contributed by atoms with Gasteiger partial charge in [-0.1, -0.05) is 42.8 Å². The number of benzene rings is 2. The second kappa shape index (κ2) is 11.3. The summed E-state index contributed by atoms with van der Waals surface area (Å²) in [5, 5.41) is 18.3. The van der Waals surface area contributed by atoms with Gasteiger partial charge in [0.2, 0.25) is 0 Å². The molecule has 2 aliphatic rings. The SMILES string of the molecule is CCC[C@@H]1CCCCN1C(=O)c1cccc(-c2cccc(-n3ccc(C(=O)O)c3C3CC3c3cn(C)nn3)c2)c1Br. The molecule has 8 nitrogen and oxygen atoms in total. The van der Waals surface area contributed by atoms with E-state index in [1.54, 1.807) is 10.7 Å². The minimum Gasteiger partial charge on any atom is -0.478 e. The Labute approximate surface area is 248 Å². The second-order valence-corrected chi connectivity index (χ2v) is 12.0. The zero-order valence-electron chi connectivity index (χ0n) is 23.3. The van der Waals surface area contributed by atoms with Crippen molar-refractivity contribution in [2.75, 3.05) is 6.54 Å². The Kier molecular flexibility index (Phi) is 7.55. The zero-order valence-corrected chi connectivity index (χ0v) is 24.9. The number of carbonyl (C=O) groups is 2. The van der Waals surface area contributed by atoms with Crippen LogP contribution in [0.4, 0.5) is 0 Å². The summed E-state index contributed by atoms with van der Waals surface area (Å²) in [5.74, 6) is -0.671. The molecule has 1 N–H and O–H groups in total. The molecule has 0 radical (unpaired) electrons. The topological polar surface area (TPSA) is 93.2 Å². The number of carboxylic acid groups (broad SMARTS) is 1. The van der Waals surface area contributed by atoms with E-state index in [2.05, 4.69) is 44.1 Å². The number of amides is 1. The molecule has 212 valence electrons. The first kappa shape index (κ1) is 27.4. The molecule has 2 aromatic heterocycles. The standard InChI is InChI=1S/C32H34BrN5O3/c1-3-8-21-10-4-5-15-38(21)31(39)24-13-7-12-23(29(24)33)20-9-6-11-22(17-20)37-16-14-25(32(40)41)30(37)27-18-26(27)28-19-36(2)35-34-28/h6-7,9,11-14,16-17,19,21,26-27H,3-5,8,10,15,18H2,1-2H3,(H,40,41)/t21-,26?,27?/m1/s1. The number of piperidine rings is 1. The van der Waals surface area contributed by atoms with Crippen molar-refractivity contribution < 1.29 is 14.7 Å². The quantitative estimate of drug-likeness (QED) is 0.235. The van der Waals surface area contributed by atoms with Gasteiger partial charge < -0.3 is 14.6 Å². The third-order valence-corrected chi connectivity index (χ3v) is 9.33. The molecule has 3 atom stereocenters. The Morgan fingerprint density at radius 2 is 1.90 bits per heavy atom. The van der Waals surface area contributed by atoms with E-state index in [1.807, 2.05) is 60.4 Å². The number of aromatic carboxylic acids is 1. The summed E-state index contributed by atoms with van der Waals surface area (Å²) in [7, 11) is 1.83. The van der Waals surface area contributed by atoms with E-state index in [4.69, 9.17) is 0 Å². The van der Waals surface area contributed by atoms with Crippen LogP contribution in [-0.4, -0.2) is 54.0 Å². The number of carbonyl (C=O) groups excluding carboxylic acids is 1. The van der Waals surface area contributed by atoms with Crippen molar-refractivity contribution in [1.82, 2.24) is 24.5 Å². The van der Waals surface area contributed by atoms with Gasteiger partial charge in [0, 0.05) is 59.7 Å². The van der Waals surface area contributed by atoms with Crippen LogP contribution >= 0.6 is 15.9 Å². The van der Waals surface area contributed by atoms with Gasteiger partial charge in [-0.3, -0.25) is 9.48 Å². The summed E-state index contributed by atoms with van der Waals surface area (Å²) >= 11 is 3.78. The summed E-state index contributed by atoms with van der Waals surface area (Å²) in [6.45, 7) is 2.98. The summed E-state index contributed by atoms with van der Waals surface area (Å²) < 4.78 is 4.45. The molecule has 2 unspecified atom stereocenters. The maximum atomic E-state index is 13.7. The van der Waals surface area contributed by atoms with Crippen molar-refractivity contribution in [2.24, 2.45) is 7.05 Å². The maximum absolute atomic E-state index is 13.7. The fourth-order valence-electron chi connectivity index (χ4n) is 6.39. The third-order valence-electron chi connectivity index (χ3n) is 8.47. The van der Waals surface area contributed by atoms with E-state index >= 15 is 0 Å². The van der Waals surface area contributed by atoms with E-state index in [9.17, 15) is 14.7 Å². The van der Waals surface area contributed by atoms with Crippen LogP contribution in [0.3, 0.4) is 0 Å². The normalized spacial score (nSPS) is 20.3. The Morgan fingerprint density at radius 1 is 1.07 bits per heavy atom. The summed E-state index contributed by atoms with van der Waals surface area (Å²) in [5.41, 5.74) is 5.40. The van der Waals surface area contributed by atoms with Crippen LogP contribution < -0.4 is 0 Å². The molecule has 0 spiro atoms. The van der Waals surface area contributed by atoms with Crippen molar-refractivity contribution >= 4 is 27.8 Å². The van der Waals surface area contributed by atoms with E-state index in [1.165, 1.54) is 6.42 Å². The fourth-order valence-corrected chi connectivity index (χ4v) is 7.05. The zero-order chi connectivity index (χ0) is 28.7. The van der Waals surface area contributed by atoms with Crippen LogP contribution in [0.15, 0.2) is 65.4 Å². The Hall–Kier alpha value is -3.72. The molecule has 0 bridgehead atoms. The predicted molar refractivity (Wildman–Crippen MR) is 161 cm³/mol. The Balaban J connectivity index is 1.34. The lowest BCUT2D eigenvalue weighted by Crippen LogP contribution is -2.43. The molecule has 9 heteroatoms. The van der Waals surface area contributed by atoms with Gasteiger partial charge in [-0.25, -0.2) is 4.79 Å². The van der Waals surface area contributed by atoms with Gasteiger partial charge in [0.15, 0.2) is 0 Å². The average molecular weight is 617 g/mol. The highest BCUT2D eigenvalue weighted by molar-refractivity contribution is 9.10. The molecule has 2 fully saturated rings. The summed E-state index contributed by atoms with van der Waals surface area (Å²) in [6.07, 6.45) is 9.94. The van der Waals surface area contributed by atoms with Crippen molar-refractivity contribution in [2.45, 2.75) is 63.3 Å². The predicted octanol–water partition coefficient (Wildman–Crippen LogP) is 6.80. The minimum atomic E-state index is -0.937. The molecule has 3 heterocycles. The number of aryl methyl sites for hydroxylation is 1. The van der Waals surface area contributed by atoms with E-state index < -0.39 is 5.97 Å². The van der Waals surface area contributed by atoms with E-state index in [0.29, 0.717) is 17.2 Å². The molecule has 1 aliphatic carbocycles.